The van der Waals surface area contributed by atoms with Gasteiger partial charge in [0, 0.05) is 0 Å². The largest absolute Gasteiger partial charge is 0.394 e. The van der Waals surface area contributed by atoms with E-state index in [1.54, 1.807) is 12.1 Å². The predicted octanol–water partition coefficient (Wildman–Crippen LogP) is -0.771. The third-order valence-corrected chi connectivity index (χ3v) is 3.40. The first-order valence-electron chi connectivity index (χ1n) is 5.55. The maximum absolute atomic E-state index is 8.91. The number of nitrogens with two attached hydrogens (primary N) is 1. The van der Waals surface area contributed by atoms with Gasteiger partial charge in [-0.15, -0.1) is 0 Å². The summed E-state index contributed by atoms with van der Waals surface area (Å²) in [6.45, 7) is -0.709. The van der Waals surface area contributed by atoms with Crippen molar-refractivity contribution < 1.29 is 14.9 Å². The minimum atomic E-state index is -1.32. The van der Waals surface area contributed by atoms with Crippen LogP contribution in [0.15, 0.2) is 22.1 Å². The lowest BCUT2D eigenvalue weighted by atomic mass is 10.3. The maximum Gasteiger partial charge on any atom is 0.227 e. The Kier molecular flexibility index (Phi) is 4.39. The number of aliphatic hydroxyl groups is 2. The Morgan fingerprint density at radius 2 is 1.95 bits per heavy atom. The van der Waals surface area contributed by atoms with E-state index in [0.717, 1.165) is 0 Å². The summed E-state index contributed by atoms with van der Waals surface area (Å²) in [5.74, 6) is -1.32. The van der Waals surface area contributed by atoms with Crippen LogP contribution in [0.2, 0.25) is 10.0 Å². The summed E-state index contributed by atoms with van der Waals surface area (Å²) in [7, 11) is 0. The van der Waals surface area contributed by atoms with E-state index in [1.165, 1.54) is 0 Å². The van der Waals surface area contributed by atoms with Gasteiger partial charge in [-0.3, -0.25) is 5.73 Å². The maximum atomic E-state index is 8.91. The minimum absolute atomic E-state index is 0.0819. The van der Waals surface area contributed by atoms with Crippen LogP contribution in [0, 0.1) is 0 Å². The fourth-order valence-corrected chi connectivity index (χ4v) is 1.98. The lowest BCUT2D eigenvalue weighted by Crippen LogP contribution is -2.42. The highest BCUT2D eigenvalue weighted by atomic mass is 35.5. The van der Waals surface area contributed by atoms with Gasteiger partial charge >= 0.3 is 0 Å². The number of nitrogens with zero attached hydrogens (tertiary/aromatic N) is 2. The number of rotatable bonds is 5. The lowest BCUT2D eigenvalue weighted by molar-refractivity contribution is -0.0365. The highest BCUT2D eigenvalue weighted by Gasteiger charge is 2.28. The van der Waals surface area contributed by atoms with Crippen LogP contribution in [-0.4, -0.2) is 41.9 Å². The third kappa shape index (κ3) is 3.05. The van der Waals surface area contributed by atoms with Gasteiger partial charge in [0.25, 0.3) is 0 Å². The minimum Gasteiger partial charge on any atom is -0.394 e. The van der Waals surface area contributed by atoms with E-state index in [9.17, 15) is 0 Å². The third-order valence-electron chi connectivity index (χ3n) is 2.61. The van der Waals surface area contributed by atoms with E-state index in [0.29, 0.717) is 15.7 Å². The molecule has 8 heteroatoms. The van der Waals surface area contributed by atoms with Crippen LogP contribution in [0.5, 0.6) is 0 Å². The molecule has 0 aliphatic carbocycles. The Hall–Kier alpha value is -0.760. The zero-order valence-electron chi connectivity index (χ0n) is 9.88. The second-order valence-electron chi connectivity index (χ2n) is 4.13. The molecule has 1 atom stereocenters. The van der Waals surface area contributed by atoms with Crippen molar-refractivity contribution in [3.8, 4) is 0 Å². The fraction of sp³-hybridized carbons (Fsp3) is 0.455. The van der Waals surface area contributed by atoms with E-state index in [-0.39, 0.29) is 24.8 Å². The van der Waals surface area contributed by atoms with Gasteiger partial charge in [-0.2, -0.15) is 0 Å². The quantitative estimate of drug-likeness (QED) is 0.665. The monoisotopic (exact) mass is 305 g/mol. The normalized spacial score (nSPS) is 21.2. The predicted molar refractivity (Wildman–Crippen MR) is 69.6 cm³/mol. The first-order valence-corrected chi connectivity index (χ1v) is 6.30. The number of aliphatic hydroxyl groups excluding tert-OH is 2. The van der Waals surface area contributed by atoms with Gasteiger partial charge < -0.3 is 14.9 Å². The Morgan fingerprint density at radius 3 is 2.58 bits per heavy atom. The van der Waals surface area contributed by atoms with Gasteiger partial charge in [0.15, 0.2) is 0 Å². The van der Waals surface area contributed by atoms with Gasteiger partial charge in [-0.1, -0.05) is 23.2 Å². The first-order chi connectivity index (χ1) is 8.99. The summed E-state index contributed by atoms with van der Waals surface area (Å²) in [6, 6.07) is 3.27. The molecule has 2 rings (SSSR count). The summed E-state index contributed by atoms with van der Waals surface area (Å²) in [5, 5.41) is 19.4. The topological polar surface area (TPSA) is 100 Å². The smallest absolute Gasteiger partial charge is 0.227 e. The van der Waals surface area contributed by atoms with Gasteiger partial charge in [0.1, 0.15) is 18.1 Å². The second kappa shape index (κ2) is 5.70. The molecule has 0 fully saturated rings. The van der Waals surface area contributed by atoms with Crippen molar-refractivity contribution in [3.05, 3.63) is 32.9 Å². The summed E-state index contributed by atoms with van der Waals surface area (Å²) < 4.78 is 5.24. The number of hydrogen-bond donors (Lipinski definition) is 3. The SMILES string of the molecule is NC1(COC(CO)CO)N=c2ccc(Cl)c(Cl)c2=N1. The Bertz CT molecular complexity index is 592. The highest BCUT2D eigenvalue weighted by Crippen LogP contribution is 2.17. The van der Waals surface area contributed by atoms with E-state index >= 15 is 0 Å². The number of benzene rings is 1. The molecule has 19 heavy (non-hydrogen) atoms. The van der Waals surface area contributed by atoms with Crippen LogP contribution < -0.4 is 16.4 Å². The zero-order chi connectivity index (χ0) is 14.0. The molecule has 0 saturated carbocycles. The Balaban J connectivity index is 2.24. The number of hydrogen-bond acceptors (Lipinski definition) is 6. The van der Waals surface area contributed by atoms with Gasteiger partial charge in [-0.05, 0) is 12.1 Å². The summed E-state index contributed by atoms with van der Waals surface area (Å²) in [4.78, 5) is 8.40. The molecular weight excluding hydrogens is 293 g/mol. The zero-order valence-corrected chi connectivity index (χ0v) is 11.4. The molecule has 1 aliphatic rings. The molecule has 0 saturated heterocycles. The number of ether oxygens (including phenoxy) is 1. The number of fused-ring (bicyclic) bond motifs is 1. The molecule has 6 nitrogen and oxygen atoms in total. The molecule has 0 aromatic heterocycles. The molecule has 1 unspecified atom stereocenters. The molecular formula is C11H13Cl2N3O3. The Labute approximate surface area is 119 Å². The van der Waals surface area contributed by atoms with Gasteiger partial charge in [-0.25, -0.2) is 9.98 Å². The van der Waals surface area contributed by atoms with Crippen LogP contribution >= 0.6 is 23.2 Å². The first kappa shape index (κ1) is 14.6. The summed E-state index contributed by atoms with van der Waals surface area (Å²) in [5.41, 5.74) is 5.96. The molecule has 0 bridgehead atoms. The average molecular weight is 306 g/mol. The molecule has 104 valence electrons. The molecule has 0 spiro atoms. The molecule has 1 heterocycles. The average Bonchev–Trinajstić information content (AvgIpc) is 2.74. The molecule has 1 aliphatic heterocycles. The van der Waals surface area contributed by atoms with E-state index < -0.39 is 11.9 Å². The van der Waals surface area contributed by atoms with Crippen LogP contribution in [0.3, 0.4) is 0 Å². The molecule has 0 amide bonds. The van der Waals surface area contributed by atoms with Crippen LogP contribution in [0.25, 0.3) is 0 Å². The summed E-state index contributed by atoms with van der Waals surface area (Å²) in [6.07, 6.45) is -0.714. The Morgan fingerprint density at radius 1 is 1.26 bits per heavy atom. The van der Waals surface area contributed by atoms with Crippen molar-refractivity contribution in [2.45, 2.75) is 11.9 Å². The van der Waals surface area contributed by atoms with Crippen molar-refractivity contribution in [2.75, 3.05) is 19.8 Å². The van der Waals surface area contributed by atoms with Crippen LogP contribution in [0.1, 0.15) is 0 Å². The van der Waals surface area contributed by atoms with E-state index in [4.69, 9.17) is 43.9 Å². The lowest BCUT2D eigenvalue weighted by Gasteiger charge is -2.20. The van der Waals surface area contributed by atoms with Crippen molar-refractivity contribution in [1.29, 1.82) is 0 Å². The highest BCUT2D eigenvalue weighted by molar-refractivity contribution is 6.41. The van der Waals surface area contributed by atoms with E-state index in [1.807, 2.05) is 0 Å². The molecule has 1 aromatic rings. The van der Waals surface area contributed by atoms with Crippen molar-refractivity contribution in [2.24, 2.45) is 15.7 Å². The second-order valence-corrected chi connectivity index (χ2v) is 4.91. The molecule has 1 aromatic carbocycles. The molecule has 0 radical (unpaired) electrons. The van der Waals surface area contributed by atoms with E-state index in [2.05, 4.69) is 9.98 Å². The van der Waals surface area contributed by atoms with Crippen molar-refractivity contribution in [3.63, 3.8) is 0 Å². The van der Waals surface area contributed by atoms with Crippen LogP contribution in [-0.2, 0) is 4.74 Å². The molecule has 4 N–H and O–H groups in total. The fourth-order valence-electron chi connectivity index (χ4n) is 1.62. The van der Waals surface area contributed by atoms with Gasteiger partial charge in [0.05, 0.1) is 28.6 Å². The van der Waals surface area contributed by atoms with Crippen LogP contribution in [0.4, 0.5) is 0 Å². The van der Waals surface area contributed by atoms with Gasteiger partial charge in [0.2, 0.25) is 5.79 Å². The number of halogens is 2. The van der Waals surface area contributed by atoms with Crippen molar-refractivity contribution in [1.82, 2.24) is 0 Å². The standard InChI is InChI=1S/C11H13Cl2N3O3/c12-7-1-2-8-10(9(7)13)16-11(14,15-8)5-19-6(3-17)4-18/h1-2,6,17-18H,3-5,14H2. The van der Waals surface area contributed by atoms with Crippen molar-refractivity contribution >= 4 is 23.2 Å². The summed E-state index contributed by atoms with van der Waals surface area (Å²) >= 11 is 11.9.